The zero-order chi connectivity index (χ0) is 24.2. The van der Waals surface area contributed by atoms with Crippen LogP contribution >= 0.6 is 11.3 Å². The van der Waals surface area contributed by atoms with Gasteiger partial charge in [0.15, 0.2) is 12.3 Å². The molecule has 0 saturated carbocycles. The van der Waals surface area contributed by atoms with Crippen LogP contribution < -0.4 is 5.32 Å². The molecule has 2 aromatic heterocycles. The number of amides is 1. The van der Waals surface area contributed by atoms with Crippen molar-refractivity contribution in [2.45, 2.75) is 47.0 Å². The van der Waals surface area contributed by atoms with Gasteiger partial charge < -0.3 is 14.5 Å². The highest BCUT2D eigenvalue weighted by atomic mass is 32.1. The molecule has 1 fully saturated rings. The van der Waals surface area contributed by atoms with Crippen LogP contribution in [0.5, 0.6) is 0 Å². The summed E-state index contributed by atoms with van der Waals surface area (Å²) in [6, 6.07) is 3.78. The van der Waals surface area contributed by atoms with Gasteiger partial charge in [0.25, 0.3) is 5.91 Å². The molecule has 0 aliphatic carbocycles. The third-order valence-corrected chi connectivity index (χ3v) is 7.71. The van der Waals surface area contributed by atoms with Crippen molar-refractivity contribution in [2.75, 3.05) is 38.6 Å². The van der Waals surface area contributed by atoms with Crippen LogP contribution in [0.4, 0.5) is 5.69 Å². The first-order chi connectivity index (χ1) is 15.5. The number of ketones is 1. The maximum atomic E-state index is 13.2. The second kappa shape index (κ2) is 10.1. The number of aromatic nitrogens is 1. The van der Waals surface area contributed by atoms with E-state index in [0.29, 0.717) is 28.0 Å². The molecule has 3 rings (SSSR count). The van der Waals surface area contributed by atoms with Crippen molar-refractivity contribution < 1.29 is 23.6 Å². The summed E-state index contributed by atoms with van der Waals surface area (Å²) in [5.41, 5.74) is 3.31. The highest BCUT2D eigenvalue weighted by Gasteiger charge is 2.40. The van der Waals surface area contributed by atoms with Crippen LogP contribution in [0.3, 0.4) is 0 Å². The lowest BCUT2D eigenvalue weighted by Gasteiger charge is -2.45. The second-order valence-corrected chi connectivity index (χ2v) is 10.8. The van der Waals surface area contributed by atoms with Crippen molar-refractivity contribution in [1.29, 1.82) is 0 Å². The van der Waals surface area contributed by atoms with Crippen LogP contribution in [0, 0.1) is 19.3 Å². The van der Waals surface area contributed by atoms with Gasteiger partial charge in [-0.2, -0.15) is 0 Å². The molecule has 0 unspecified atom stereocenters. The molecule has 0 radical (unpaired) electrons. The molecule has 7 nitrogen and oxygen atoms in total. The van der Waals surface area contributed by atoms with Crippen molar-refractivity contribution in [3.63, 3.8) is 0 Å². The highest BCUT2D eigenvalue weighted by Crippen LogP contribution is 2.34. The van der Waals surface area contributed by atoms with Crippen molar-refractivity contribution in [2.24, 2.45) is 5.41 Å². The number of piperidine rings is 1. The maximum Gasteiger partial charge on any atom is 0.350 e. The molecule has 2 aromatic rings. The van der Waals surface area contributed by atoms with Crippen molar-refractivity contribution in [1.82, 2.24) is 4.98 Å². The van der Waals surface area contributed by atoms with Crippen LogP contribution in [-0.2, 0) is 20.7 Å². The van der Waals surface area contributed by atoms with Gasteiger partial charge in [-0.1, -0.05) is 19.9 Å². The molecule has 3 heterocycles. The van der Waals surface area contributed by atoms with Gasteiger partial charge >= 0.3 is 5.97 Å². The molecule has 1 amide bonds. The SMILES string of the molecule is COC(=O)c1scc(C)c1NC(=O)C[N+]1(CC(=O)Cc2cccnc2C)CCC(C)(C)CC1. The number of esters is 1. The van der Waals surface area contributed by atoms with E-state index in [0.717, 1.165) is 42.8 Å². The number of thiophene rings is 1. The van der Waals surface area contributed by atoms with Gasteiger partial charge in [-0.15, -0.1) is 11.3 Å². The van der Waals surface area contributed by atoms with E-state index in [4.69, 9.17) is 4.74 Å². The van der Waals surface area contributed by atoms with E-state index in [2.05, 4.69) is 24.1 Å². The Morgan fingerprint density at radius 2 is 1.88 bits per heavy atom. The first-order valence-electron chi connectivity index (χ1n) is 11.3. The number of ether oxygens (including phenoxy) is 1. The van der Waals surface area contributed by atoms with Gasteiger partial charge in [0, 0.05) is 31.2 Å². The molecular formula is C25H34N3O4S+. The van der Waals surface area contributed by atoms with Gasteiger partial charge in [-0.05, 0) is 41.8 Å². The van der Waals surface area contributed by atoms with Gasteiger partial charge in [0.05, 0.1) is 25.9 Å². The molecule has 0 atom stereocenters. The number of quaternary nitrogens is 1. The zero-order valence-corrected chi connectivity index (χ0v) is 21.0. The Morgan fingerprint density at radius 3 is 2.52 bits per heavy atom. The molecule has 0 aromatic carbocycles. The fourth-order valence-corrected chi connectivity index (χ4v) is 5.28. The third kappa shape index (κ3) is 6.26. The monoisotopic (exact) mass is 472 g/mol. The number of hydrogen-bond acceptors (Lipinski definition) is 6. The number of rotatable bonds is 8. The third-order valence-electron chi connectivity index (χ3n) is 6.63. The average molecular weight is 473 g/mol. The summed E-state index contributed by atoms with van der Waals surface area (Å²) in [6.45, 7) is 10.3. The van der Waals surface area contributed by atoms with E-state index >= 15 is 0 Å². The van der Waals surface area contributed by atoms with Crippen LogP contribution in [0.1, 0.15) is 53.2 Å². The number of methoxy groups -OCH3 is 1. The average Bonchev–Trinajstić information content (AvgIpc) is 3.11. The Hall–Kier alpha value is -2.58. The molecule has 178 valence electrons. The Kier molecular flexibility index (Phi) is 7.69. The summed E-state index contributed by atoms with van der Waals surface area (Å²) >= 11 is 1.25. The summed E-state index contributed by atoms with van der Waals surface area (Å²) in [7, 11) is 1.33. The molecule has 1 aliphatic rings. The summed E-state index contributed by atoms with van der Waals surface area (Å²) in [5.74, 6) is -0.540. The predicted octanol–water partition coefficient (Wildman–Crippen LogP) is 3.93. The van der Waals surface area contributed by atoms with E-state index in [9.17, 15) is 14.4 Å². The smallest absolute Gasteiger partial charge is 0.350 e. The van der Waals surface area contributed by atoms with Gasteiger partial charge in [0.1, 0.15) is 11.4 Å². The molecule has 0 bridgehead atoms. The molecule has 33 heavy (non-hydrogen) atoms. The van der Waals surface area contributed by atoms with Crippen LogP contribution in [0.25, 0.3) is 0 Å². The molecule has 8 heteroatoms. The Labute approximate surface area is 199 Å². The minimum absolute atomic E-state index is 0.112. The van der Waals surface area contributed by atoms with Gasteiger partial charge in [-0.25, -0.2) is 4.79 Å². The van der Waals surface area contributed by atoms with Crippen LogP contribution in [0.15, 0.2) is 23.7 Å². The number of likely N-dealkylation sites (tertiary alicyclic amines) is 1. The molecule has 0 spiro atoms. The van der Waals surface area contributed by atoms with E-state index in [1.807, 2.05) is 31.4 Å². The number of carbonyl (C=O) groups is 3. The van der Waals surface area contributed by atoms with Crippen molar-refractivity contribution in [3.05, 3.63) is 45.4 Å². The van der Waals surface area contributed by atoms with E-state index in [1.54, 1.807) is 6.20 Å². The van der Waals surface area contributed by atoms with Crippen molar-refractivity contribution >= 4 is 34.7 Å². The van der Waals surface area contributed by atoms with E-state index in [1.165, 1.54) is 18.4 Å². The maximum absolute atomic E-state index is 13.2. The Morgan fingerprint density at radius 1 is 1.18 bits per heavy atom. The number of Topliss-reactive ketones (excluding diaryl/α,β-unsaturated/α-hetero) is 1. The lowest BCUT2D eigenvalue weighted by molar-refractivity contribution is -0.919. The van der Waals surface area contributed by atoms with Crippen LogP contribution in [-0.4, -0.2) is 60.4 Å². The van der Waals surface area contributed by atoms with Crippen LogP contribution in [0.2, 0.25) is 0 Å². The number of pyridine rings is 1. The van der Waals surface area contributed by atoms with Gasteiger partial charge in [-0.3, -0.25) is 14.6 Å². The predicted molar refractivity (Wildman–Crippen MR) is 129 cm³/mol. The minimum atomic E-state index is -0.464. The first-order valence-corrected chi connectivity index (χ1v) is 12.2. The molecule has 1 aliphatic heterocycles. The Balaban J connectivity index is 1.76. The fraction of sp³-hybridized carbons (Fsp3) is 0.520. The zero-order valence-electron chi connectivity index (χ0n) is 20.2. The van der Waals surface area contributed by atoms with Gasteiger partial charge in [0.2, 0.25) is 0 Å². The first kappa shape index (κ1) is 25.1. The number of aryl methyl sites for hydroxylation is 2. The summed E-state index contributed by atoms with van der Waals surface area (Å²) < 4.78 is 5.28. The highest BCUT2D eigenvalue weighted by molar-refractivity contribution is 7.12. The standard InChI is InChI=1S/C25H33N3O4S/c1-17-16-33-23(24(31)32-5)22(17)27-21(30)15-28(11-8-25(3,4)9-12-28)14-20(29)13-19-7-6-10-26-18(19)2/h6-7,10,16H,8-9,11-15H2,1-5H3/p+1. The second-order valence-electron chi connectivity index (χ2n) is 9.90. The Bertz CT molecular complexity index is 1030. The minimum Gasteiger partial charge on any atom is -0.465 e. The number of anilines is 1. The van der Waals surface area contributed by atoms with E-state index in [-0.39, 0.29) is 23.7 Å². The fourth-order valence-electron chi connectivity index (χ4n) is 4.36. The number of nitrogens with zero attached hydrogens (tertiary/aromatic N) is 2. The summed E-state index contributed by atoms with van der Waals surface area (Å²) in [6.07, 6.45) is 3.94. The largest absolute Gasteiger partial charge is 0.465 e. The molecule has 1 N–H and O–H groups in total. The number of hydrogen-bond donors (Lipinski definition) is 1. The molecular weight excluding hydrogens is 438 g/mol. The molecule has 1 saturated heterocycles. The van der Waals surface area contributed by atoms with Crippen molar-refractivity contribution in [3.8, 4) is 0 Å². The quantitative estimate of drug-likeness (QED) is 0.465. The number of nitrogens with one attached hydrogen (secondary N) is 1. The lowest BCUT2D eigenvalue weighted by atomic mass is 9.81. The lowest BCUT2D eigenvalue weighted by Crippen LogP contribution is -2.59. The summed E-state index contributed by atoms with van der Waals surface area (Å²) in [4.78, 5) is 43.0. The normalized spacial score (nSPS) is 16.8. The summed E-state index contributed by atoms with van der Waals surface area (Å²) in [5, 5.41) is 4.76. The number of carbonyl (C=O) groups excluding carboxylic acids is 3. The van der Waals surface area contributed by atoms with E-state index < -0.39 is 5.97 Å². The topological polar surface area (TPSA) is 85.4 Å².